The van der Waals surface area contributed by atoms with Crippen molar-refractivity contribution in [3.8, 4) is 11.1 Å². The van der Waals surface area contributed by atoms with Crippen molar-refractivity contribution >= 4 is 11.6 Å². The van der Waals surface area contributed by atoms with Crippen molar-refractivity contribution in [1.29, 1.82) is 0 Å². The molecule has 1 amide bonds. The summed E-state index contributed by atoms with van der Waals surface area (Å²) in [6.07, 6.45) is 4.12. The van der Waals surface area contributed by atoms with Gasteiger partial charge in [-0.3, -0.25) is 14.5 Å². The molecule has 1 aromatic heterocycles. The van der Waals surface area contributed by atoms with Crippen LogP contribution < -0.4 is 15.8 Å². The third kappa shape index (κ3) is 7.24. The maximum Gasteiger partial charge on any atom is 0.253 e. The quantitative estimate of drug-likeness (QED) is 0.302. The van der Waals surface area contributed by atoms with Gasteiger partial charge >= 0.3 is 0 Å². The molecule has 0 unspecified atom stereocenters. The Balaban J connectivity index is 1.48. The van der Waals surface area contributed by atoms with Gasteiger partial charge in [-0.15, -0.1) is 0 Å². The van der Waals surface area contributed by atoms with Gasteiger partial charge in [0.2, 0.25) is 0 Å². The van der Waals surface area contributed by atoms with Gasteiger partial charge in [0, 0.05) is 67.0 Å². The molecule has 0 aliphatic carbocycles. The number of amides is 1. The minimum absolute atomic E-state index is 0.120. The van der Waals surface area contributed by atoms with Crippen LogP contribution in [0.2, 0.25) is 0 Å². The highest BCUT2D eigenvalue weighted by Crippen LogP contribution is 2.34. The Morgan fingerprint density at radius 3 is 2.43 bits per heavy atom. The number of hydrogen-bond acceptors (Lipinski definition) is 5. The van der Waals surface area contributed by atoms with E-state index in [4.69, 9.17) is 4.74 Å². The lowest BCUT2D eigenvalue weighted by Crippen LogP contribution is -2.40. The van der Waals surface area contributed by atoms with Crippen molar-refractivity contribution in [2.45, 2.75) is 79.4 Å². The first-order chi connectivity index (χ1) is 21.1. The summed E-state index contributed by atoms with van der Waals surface area (Å²) in [5.41, 5.74) is 6.56. The van der Waals surface area contributed by atoms with E-state index in [1.807, 2.05) is 45.0 Å². The zero-order chi connectivity index (χ0) is 31.4. The number of halogens is 1. The van der Waals surface area contributed by atoms with Gasteiger partial charge in [-0.1, -0.05) is 19.1 Å². The largest absolute Gasteiger partial charge is 0.381 e. The van der Waals surface area contributed by atoms with Crippen LogP contribution >= 0.6 is 0 Å². The molecule has 0 bridgehead atoms. The molecular formula is C36H47FN4O3. The maximum atomic E-state index is 15.6. The van der Waals surface area contributed by atoms with E-state index in [-0.39, 0.29) is 23.8 Å². The number of anilines is 1. The standard InChI is InChI=1S/C36H47FN4O3/c1-6-41(30-11-15-44-16-12-30)34-20-29(27-7-8-28(33(37)19-27)22-40-13-9-23(2)10-14-40)18-31(26(34)5)35(42)38-21-32-24(3)17-25(4)39-36(32)43/h7-8,17-20,23,30H,6,9-16,21-22H2,1-5H3,(H,38,42)(H,39,43). The second-order valence-corrected chi connectivity index (χ2v) is 12.7. The Morgan fingerprint density at radius 2 is 1.77 bits per heavy atom. The molecule has 2 aliphatic rings. The average molecular weight is 603 g/mol. The van der Waals surface area contributed by atoms with Crippen LogP contribution in [0.4, 0.5) is 10.1 Å². The molecule has 2 aliphatic heterocycles. The van der Waals surface area contributed by atoms with E-state index in [0.717, 1.165) is 84.9 Å². The van der Waals surface area contributed by atoms with Gasteiger partial charge in [0.15, 0.2) is 0 Å². The fraction of sp³-hybridized carbons (Fsp3) is 0.500. The van der Waals surface area contributed by atoms with Gasteiger partial charge in [0.25, 0.3) is 11.5 Å². The van der Waals surface area contributed by atoms with Crippen molar-refractivity contribution in [2.24, 2.45) is 5.92 Å². The SMILES string of the molecule is CCN(c1cc(-c2ccc(CN3CCC(C)CC3)c(F)c2)cc(C(=O)NCc2c(C)cc(C)[nH]c2=O)c1C)C1CCOCC1. The summed E-state index contributed by atoms with van der Waals surface area (Å²) in [5, 5.41) is 2.99. The summed E-state index contributed by atoms with van der Waals surface area (Å²) in [5.74, 6) is 0.246. The van der Waals surface area contributed by atoms with E-state index in [1.165, 1.54) is 0 Å². The molecule has 5 rings (SSSR count). The lowest BCUT2D eigenvalue weighted by Gasteiger charge is -2.37. The fourth-order valence-corrected chi connectivity index (χ4v) is 6.70. The number of aryl methyl sites for hydroxylation is 2. The predicted molar refractivity (Wildman–Crippen MR) is 175 cm³/mol. The second kappa shape index (κ2) is 14.1. The van der Waals surface area contributed by atoms with Crippen molar-refractivity contribution in [3.63, 3.8) is 0 Å². The molecule has 8 heteroatoms. The number of H-pyrrole nitrogens is 1. The number of hydrogen-bond donors (Lipinski definition) is 2. The highest BCUT2D eigenvalue weighted by molar-refractivity contribution is 5.99. The Morgan fingerprint density at radius 1 is 1.05 bits per heavy atom. The molecule has 3 heterocycles. The van der Waals surface area contributed by atoms with Crippen LogP contribution in [0.3, 0.4) is 0 Å². The van der Waals surface area contributed by atoms with E-state index in [2.05, 4.69) is 40.0 Å². The molecule has 0 spiro atoms. The summed E-state index contributed by atoms with van der Waals surface area (Å²) < 4.78 is 21.2. The monoisotopic (exact) mass is 602 g/mol. The van der Waals surface area contributed by atoms with E-state index in [1.54, 1.807) is 6.07 Å². The highest BCUT2D eigenvalue weighted by Gasteiger charge is 2.25. The number of nitrogens with zero attached hydrogens (tertiary/aromatic N) is 2. The average Bonchev–Trinajstić information content (AvgIpc) is 3.00. The van der Waals surface area contributed by atoms with E-state index >= 15 is 4.39 Å². The Hall–Kier alpha value is -3.49. The molecule has 2 aromatic carbocycles. The summed E-state index contributed by atoms with van der Waals surface area (Å²) >= 11 is 0. The molecule has 2 fully saturated rings. The summed E-state index contributed by atoms with van der Waals surface area (Å²) in [6.45, 7) is 15.0. The molecule has 3 aromatic rings. The number of likely N-dealkylation sites (tertiary alicyclic amines) is 1. The first-order valence-corrected chi connectivity index (χ1v) is 16.1. The summed E-state index contributed by atoms with van der Waals surface area (Å²) in [6, 6.07) is 11.6. The van der Waals surface area contributed by atoms with Crippen LogP contribution in [0.5, 0.6) is 0 Å². The van der Waals surface area contributed by atoms with Gasteiger partial charge in [-0.2, -0.15) is 0 Å². The number of benzene rings is 2. The third-order valence-corrected chi connectivity index (χ3v) is 9.48. The minimum atomic E-state index is -0.260. The summed E-state index contributed by atoms with van der Waals surface area (Å²) in [7, 11) is 0. The predicted octanol–water partition coefficient (Wildman–Crippen LogP) is 6.27. The molecule has 236 valence electrons. The lowest BCUT2D eigenvalue weighted by molar-refractivity contribution is 0.0846. The molecular weight excluding hydrogens is 555 g/mol. The Bertz CT molecular complexity index is 1540. The van der Waals surface area contributed by atoms with Crippen LogP contribution in [0, 0.1) is 32.5 Å². The maximum absolute atomic E-state index is 15.6. The van der Waals surface area contributed by atoms with Crippen molar-refractivity contribution in [3.05, 3.63) is 86.1 Å². The number of carbonyl (C=O) groups is 1. The second-order valence-electron chi connectivity index (χ2n) is 12.7. The molecule has 0 radical (unpaired) electrons. The number of pyridine rings is 1. The van der Waals surface area contributed by atoms with E-state index in [0.29, 0.717) is 42.5 Å². The number of nitrogens with one attached hydrogen (secondary N) is 2. The van der Waals surface area contributed by atoms with Gasteiger partial charge in [-0.25, -0.2) is 4.39 Å². The molecule has 2 N–H and O–H groups in total. The topological polar surface area (TPSA) is 77.7 Å². The Kier molecular flexibility index (Phi) is 10.2. The van der Waals surface area contributed by atoms with Gasteiger partial charge in [0.05, 0.1) is 0 Å². The number of rotatable bonds is 9. The molecule has 0 atom stereocenters. The van der Waals surface area contributed by atoms with Gasteiger partial charge in [0.1, 0.15) is 5.82 Å². The third-order valence-electron chi connectivity index (χ3n) is 9.48. The molecule has 2 saturated heterocycles. The van der Waals surface area contributed by atoms with Crippen LogP contribution in [0.15, 0.2) is 41.2 Å². The molecule has 7 nitrogen and oxygen atoms in total. The van der Waals surface area contributed by atoms with Crippen molar-refractivity contribution in [1.82, 2.24) is 15.2 Å². The molecule has 0 saturated carbocycles. The van der Waals surface area contributed by atoms with Crippen LogP contribution in [0.1, 0.15) is 77.8 Å². The van der Waals surface area contributed by atoms with Crippen molar-refractivity contribution in [2.75, 3.05) is 37.7 Å². The fourth-order valence-electron chi connectivity index (χ4n) is 6.70. The smallest absolute Gasteiger partial charge is 0.253 e. The Labute approximate surface area is 260 Å². The van der Waals surface area contributed by atoms with Gasteiger partial charge < -0.3 is 19.9 Å². The van der Waals surface area contributed by atoms with E-state index in [9.17, 15) is 9.59 Å². The zero-order valence-corrected chi connectivity index (χ0v) is 26.9. The number of ether oxygens (including phenoxy) is 1. The number of aromatic nitrogens is 1. The highest BCUT2D eigenvalue weighted by atomic mass is 19.1. The van der Waals surface area contributed by atoms with E-state index < -0.39 is 0 Å². The number of aromatic amines is 1. The number of piperidine rings is 1. The zero-order valence-electron chi connectivity index (χ0n) is 26.9. The molecule has 44 heavy (non-hydrogen) atoms. The number of carbonyl (C=O) groups excluding carboxylic acids is 1. The van der Waals surface area contributed by atoms with Crippen LogP contribution in [0.25, 0.3) is 11.1 Å². The summed E-state index contributed by atoms with van der Waals surface area (Å²) in [4.78, 5) is 33.9. The minimum Gasteiger partial charge on any atom is -0.381 e. The van der Waals surface area contributed by atoms with Gasteiger partial charge in [-0.05, 0) is 119 Å². The van der Waals surface area contributed by atoms with Crippen LogP contribution in [-0.2, 0) is 17.8 Å². The van der Waals surface area contributed by atoms with Crippen molar-refractivity contribution < 1.29 is 13.9 Å². The first kappa shape index (κ1) is 31.9. The normalized spacial score (nSPS) is 16.7. The van der Waals surface area contributed by atoms with Crippen LogP contribution in [-0.4, -0.2) is 54.7 Å². The first-order valence-electron chi connectivity index (χ1n) is 16.1. The lowest BCUT2D eigenvalue weighted by atomic mass is 9.94.